The third kappa shape index (κ3) is 3.50. The van der Waals surface area contributed by atoms with E-state index in [2.05, 4.69) is 30.0 Å². The molecule has 3 N–H and O–H groups in total. The Morgan fingerprint density at radius 1 is 1.21 bits per heavy atom. The third-order valence-electron chi connectivity index (χ3n) is 4.78. The summed E-state index contributed by atoms with van der Waals surface area (Å²) in [7, 11) is -2.26. The van der Waals surface area contributed by atoms with Crippen LogP contribution in [-0.2, 0) is 10.0 Å². The summed E-state index contributed by atoms with van der Waals surface area (Å²) in [4.78, 5) is 17.5. The van der Waals surface area contributed by atoms with E-state index in [1.165, 1.54) is 19.7 Å². The number of sulfonamides is 1. The molecule has 1 aromatic rings. The summed E-state index contributed by atoms with van der Waals surface area (Å²) < 4.78 is 40.4. The number of hydrogen-bond donors (Lipinski definition) is 3. The van der Waals surface area contributed by atoms with Crippen LogP contribution in [0.3, 0.4) is 0 Å². The smallest absolute Gasteiger partial charge is 0.240 e. The van der Waals surface area contributed by atoms with Crippen LogP contribution in [0.1, 0.15) is 12.8 Å². The van der Waals surface area contributed by atoms with Crippen molar-refractivity contribution in [3.8, 4) is 11.5 Å². The number of halogens is 1. The van der Waals surface area contributed by atoms with Crippen LogP contribution >= 0.6 is 0 Å². The Morgan fingerprint density at radius 3 is 2.75 bits per heavy atom. The lowest BCUT2D eigenvalue weighted by Gasteiger charge is -2.32. The van der Waals surface area contributed by atoms with E-state index < -0.39 is 16.2 Å². The zero-order valence-electron chi connectivity index (χ0n) is 15.2. The van der Waals surface area contributed by atoms with Crippen LogP contribution in [0.15, 0.2) is 35.7 Å². The molecule has 1 saturated heterocycles. The number of aromatic amines is 1. The summed E-state index contributed by atoms with van der Waals surface area (Å²) >= 11 is 0. The first-order valence-corrected chi connectivity index (χ1v) is 10.3. The monoisotopic (exact) mass is 405 g/mol. The molecule has 1 aromatic carbocycles. The second-order valence-corrected chi connectivity index (χ2v) is 8.38. The Labute approximate surface area is 161 Å². The number of anilines is 3. The number of aromatic nitrogens is 4. The number of hydrogen-bond acceptors (Lipinski definition) is 7. The number of nitrogens with zero attached hydrogens (tertiary/aromatic N) is 4. The number of alkyl halides is 1. The lowest BCUT2D eigenvalue weighted by atomic mass is 10.1. The molecule has 3 aliphatic rings. The van der Waals surface area contributed by atoms with Gasteiger partial charge in [0.15, 0.2) is 11.5 Å². The van der Waals surface area contributed by atoms with Gasteiger partial charge >= 0.3 is 0 Å². The fourth-order valence-electron chi connectivity index (χ4n) is 3.25. The standard InChI is InChI=1S/C17H20FN7O2S/c1-19-28(26,27)12-2-3-14(25-6-4-11(18)5-7-25)13(8-12)24-17-15-16(21-9-20-15)22-10-23-17/h2-3,8-11,19H,4-7H2,1H3,(H2,20,21,22,23,24). The fraction of sp³-hybridized carbons (Fsp3) is 0.353. The molecule has 0 aromatic heterocycles. The van der Waals surface area contributed by atoms with Gasteiger partial charge in [0.2, 0.25) is 10.0 Å². The Balaban J connectivity index is 1.76. The third-order valence-corrected chi connectivity index (χ3v) is 6.20. The summed E-state index contributed by atoms with van der Waals surface area (Å²) in [5, 5.41) is 3.22. The van der Waals surface area contributed by atoms with Gasteiger partial charge in [0.25, 0.3) is 0 Å². The molecular weight excluding hydrogens is 385 g/mol. The van der Waals surface area contributed by atoms with E-state index in [0.717, 1.165) is 5.69 Å². The first-order chi connectivity index (χ1) is 13.5. The molecule has 0 saturated carbocycles. The van der Waals surface area contributed by atoms with Gasteiger partial charge in [0.05, 0.1) is 22.6 Å². The number of rotatable bonds is 5. The van der Waals surface area contributed by atoms with Crippen molar-refractivity contribution in [2.45, 2.75) is 23.9 Å². The average Bonchev–Trinajstić information content (AvgIpc) is 3.19. The van der Waals surface area contributed by atoms with E-state index >= 15 is 0 Å². The molecule has 9 nitrogen and oxygen atoms in total. The molecule has 0 atom stereocenters. The molecule has 0 aliphatic carbocycles. The number of H-pyrrole nitrogens is 1. The molecule has 0 spiro atoms. The number of imidazole rings is 1. The highest BCUT2D eigenvalue weighted by Gasteiger charge is 2.23. The highest BCUT2D eigenvalue weighted by Crippen LogP contribution is 2.35. The maximum Gasteiger partial charge on any atom is 0.240 e. The van der Waals surface area contributed by atoms with Crippen molar-refractivity contribution < 1.29 is 12.8 Å². The van der Waals surface area contributed by atoms with Crippen molar-refractivity contribution in [3.63, 3.8) is 0 Å². The molecule has 0 unspecified atom stereocenters. The minimum Gasteiger partial charge on any atom is -0.370 e. The molecule has 0 radical (unpaired) electrons. The first kappa shape index (κ1) is 18.6. The zero-order chi connectivity index (χ0) is 19.7. The highest BCUT2D eigenvalue weighted by atomic mass is 32.2. The Bertz CT molecular complexity index is 1050. The zero-order valence-corrected chi connectivity index (χ0v) is 16.0. The lowest BCUT2D eigenvalue weighted by molar-refractivity contribution is 0.277. The highest BCUT2D eigenvalue weighted by molar-refractivity contribution is 7.89. The molecule has 0 amide bonds. The number of fused-ring (bicyclic) bond motifs is 1. The molecule has 4 rings (SSSR count). The van der Waals surface area contributed by atoms with Crippen LogP contribution in [0.2, 0.25) is 0 Å². The molecule has 148 valence electrons. The van der Waals surface area contributed by atoms with Crippen molar-refractivity contribution >= 4 is 27.2 Å². The maximum atomic E-state index is 13.6. The number of nitrogens with one attached hydrogen (secondary N) is 3. The summed E-state index contributed by atoms with van der Waals surface area (Å²) in [5.41, 5.74) is 1.90. The molecule has 3 aliphatic heterocycles. The van der Waals surface area contributed by atoms with Crippen molar-refractivity contribution in [2.75, 3.05) is 30.4 Å². The predicted molar refractivity (Wildman–Crippen MR) is 103 cm³/mol. The van der Waals surface area contributed by atoms with Crippen LogP contribution in [0.25, 0.3) is 11.5 Å². The van der Waals surface area contributed by atoms with Crippen molar-refractivity contribution in [1.82, 2.24) is 24.7 Å². The first-order valence-electron chi connectivity index (χ1n) is 8.85. The molecular formula is C17H20FN7O2S. The summed E-state index contributed by atoms with van der Waals surface area (Å²) in [6.07, 6.45) is 2.98. The van der Waals surface area contributed by atoms with E-state index in [4.69, 9.17) is 0 Å². The average molecular weight is 405 g/mol. The van der Waals surface area contributed by atoms with Gasteiger partial charge in [0.1, 0.15) is 18.3 Å². The SMILES string of the molecule is CNS(=O)(=O)c1ccc(N2CCC(F)CC2)c(Nc2[nH]cnc3ncnc2-3)c1. The molecule has 0 bridgehead atoms. The maximum absolute atomic E-state index is 13.6. The number of piperidine rings is 1. The van der Waals surface area contributed by atoms with Crippen LogP contribution in [0.4, 0.5) is 21.6 Å². The summed E-state index contributed by atoms with van der Waals surface area (Å²) in [6, 6.07) is 4.83. The Hall–Kier alpha value is -2.79. The van der Waals surface area contributed by atoms with E-state index in [-0.39, 0.29) is 4.90 Å². The molecule has 11 heteroatoms. The molecule has 28 heavy (non-hydrogen) atoms. The van der Waals surface area contributed by atoms with Gasteiger partial charge in [-0.1, -0.05) is 0 Å². The van der Waals surface area contributed by atoms with Gasteiger partial charge in [-0.2, -0.15) is 0 Å². The van der Waals surface area contributed by atoms with Gasteiger partial charge in [-0.3, -0.25) is 0 Å². The van der Waals surface area contributed by atoms with Crippen molar-refractivity contribution in [2.24, 2.45) is 0 Å². The summed E-state index contributed by atoms with van der Waals surface area (Å²) in [6.45, 7) is 1.11. The van der Waals surface area contributed by atoms with Gasteiger partial charge in [-0.25, -0.2) is 32.5 Å². The quantitative estimate of drug-likeness (QED) is 0.594. The predicted octanol–water partition coefficient (Wildman–Crippen LogP) is 1.89. The van der Waals surface area contributed by atoms with E-state index in [1.807, 2.05) is 4.90 Å². The van der Waals surface area contributed by atoms with E-state index in [9.17, 15) is 12.8 Å². The van der Waals surface area contributed by atoms with Crippen LogP contribution < -0.4 is 14.9 Å². The van der Waals surface area contributed by atoms with E-state index in [1.54, 1.807) is 18.2 Å². The van der Waals surface area contributed by atoms with Gasteiger partial charge in [0, 0.05) is 13.1 Å². The van der Waals surface area contributed by atoms with E-state index in [0.29, 0.717) is 49.0 Å². The van der Waals surface area contributed by atoms with Crippen molar-refractivity contribution in [1.29, 1.82) is 0 Å². The Kier molecular flexibility index (Phi) is 4.85. The molecule has 1 fully saturated rings. The second kappa shape index (κ2) is 7.32. The van der Waals surface area contributed by atoms with Gasteiger partial charge in [-0.15, -0.1) is 0 Å². The minimum atomic E-state index is -3.62. The number of benzene rings is 1. The van der Waals surface area contributed by atoms with Gasteiger partial charge in [-0.05, 0) is 38.1 Å². The molecule has 3 heterocycles. The Morgan fingerprint density at radius 2 is 2.00 bits per heavy atom. The van der Waals surface area contributed by atoms with Crippen LogP contribution in [-0.4, -0.2) is 54.7 Å². The normalized spacial score (nSPS) is 15.9. The minimum absolute atomic E-state index is 0.125. The lowest BCUT2D eigenvalue weighted by Crippen LogP contribution is -2.34. The summed E-state index contributed by atoms with van der Waals surface area (Å²) in [5.74, 6) is 1.02. The fourth-order valence-corrected chi connectivity index (χ4v) is 4.01. The largest absolute Gasteiger partial charge is 0.370 e. The van der Waals surface area contributed by atoms with Crippen LogP contribution in [0.5, 0.6) is 0 Å². The van der Waals surface area contributed by atoms with Gasteiger partial charge < -0.3 is 15.2 Å². The topological polar surface area (TPSA) is 116 Å². The second-order valence-electron chi connectivity index (χ2n) is 6.50. The van der Waals surface area contributed by atoms with Crippen LogP contribution in [0, 0.1) is 0 Å². The van der Waals surface area contributed by atoms with Crippen molar-refractivity contribution in [3.05, 3.63) is 30.9 Å².